The fourth-order valence-electron chi connectivity index (χ4n) is 1.45. The second-order valence-corrected chi connectivity index (χ2v) is 4.70. The smallest absolute Gasteiger partial charge is 0.424 e. The summed E-state index contributed by atoms with van der Waals surface area (Å²) in [4.78, 5) is 6.99. The minimum Gasteiger partial charge on any atom is -0.424 e. The molecule has 0 aliphatic heterocycles. The molecule has 1 aromatic heterocycles. The van der Waals surface area contributed by atoms with Crippen LogP contribution in [0.3, 0.4) is 0 Å². The molecule has 1 aromatic carbocycles. The molecule has 0 spiro atoms. The van der Waals surface area contributed by atoms with Gasteiger partial charge in [-0.1, -0.05) is 15.9 Å². The van der Waals surface area contributed by atoms with Gasteiger partial charge in [0.2, 0.25) is 0 Å². The zero-order chi connectivity index (χ0) is 14.8. The number of nitrogens with zero attached hydrogens (tertiary/aromatic N) is 2. The molecule has 0 aliphatic rings. The summed E-state index contributed by atoms with van der Waals surface area (Å²) in [5.74, 6) is 0.315. The Hall–Kier alpha value is -1.67. The average Bonchev–Trinajstić information content (AvgIpc) is 2.40. The lowest BCUT2D eigenvalue weighted by Gasteiger charge is -2.10. The first-order chi connectivity index (χ1) is 9.40. The zero-order valence-electron chi connectivity index (χ0n) is 9.99. The van der Waals surface area contributed by atoms with Crippen molar-refractivity contribution in [1.82, 2.24) is 9.97 Å². The summed E-state index contributed by atoms with van der Waals surface area (Å²) in [6.45, 7) is 0.174. The van der Waals surface area contributed by atoms with Gasteiger partial charge >= 0.3 is 12.2 Å². The van der Waals surface area contributed by atoms with E-state index in [9.17, 15) is 13.2 Å². The van der Waals surface area contributed by atoms with Crippen LogP contribution in [0.4, 0.5) is 13.2 Å². The van der Waals surface area contributed by atoms with Gasteiger partial charge in [-0.15, -0.1) is 0 Å². The molecule has 8 heteroatoms. The van der Waals surface area contributed by atoms with Crippen molar-refractivity contribution in [3.8, 4) is 11.8 Å². The van der Waals surface area contributed by atoms with Gasteiger partial charge in [0.25, 0.3) is 0 Å². The molecule has 0 saturated heterocycles. The number of rotatable bonds is 3. The molecule has 0 saturated carbocycles. The van der Waals surface area contributed by atoms with E-state index < -0.39 is 11.9 Å². The van der Waals surface area contributed by atoms with Gasteiger partial charge in [-0.3, -0.25) is 0 Å². The van der Waals surface area contributed by atoms with Gasteiger partial charge in [0.15, 0.2) is 5.69 Å². The molecule has 2 N–H and O–H groups in total. The molecule has 0 radical (unpaired) electrons. The summed E-state index contributed by atoms with van der Waals surface area (Å²) in [6.07, 6.45) is -3.55. The molecule has 20 heavy (non-hydrogen) atoms. The SMILES string of the molecule is NCc1cc(Br)ccc1Oc1nccc(C(F)(F)F)n1. The Morgan fingerprint density at radius 2 is 2.00 bits per heavy atom. The van der Waals surface area contributed by atoms with E-state index in [1.54, 1.807) is 18.2 Å². The number of halogens is 4. The number of aromatic nitrogens is 2. The normalized spacial score (nSPS) is 11.4. The largest absolute Gasteiger partial charge is 0.433 e. The molecule has 0 amide bonds. The van der Waals surface area contributed by atoms with Crippen molar-refractivity contribution < 1.29 is 17.9 Å². The van der Waals surface area contributed by atoms with Crippen molar-refractivity contribution in [2.24, 2.45) is 5.73 Å². The molecule has 0 aliphatic carbocycles. The maximum Gasteiger partial charge on any atom is 0.433 e. The van der Waals surface area contributed by atoms with Crippen LogP contribution in [0.1, 0.15) is 11.3 Å². The highest BCUT2D eigenvalue weighted by molar-refractivity contribution is 9.10. The number of nitrogens with two attached hydrogens (primary N) is 1. The van der Waals surface area contributed by atoms with Crippen LogP contribution in [0.2, 0.25) is 0 Å². The van der Waals surface area contributed by atoms with E-state index in [-0.39, 0.29) is 12.6 Å². The Kier molecular flexibility index (Phi) is 4.24. The van der Waals surface area contributed by atoms with Crippen LogP contribution < -0.4 is 10.5 Å². The van der Waals surface area contributed by atoms with Crippen LogP contribution in [0.5, 0.6) is 11.8 Å². The van der Waals surface area contributed by atoms with Crippen LogP contribution in [0.25, 0.3) is 0 Å². The van der Waals surface area contributed by atoms with Crippen molar-refractivity contribution in [1.29, 1.82) is 0 Å². The lowest BCUT2D eigenvalue weighted by Crippen LogP contribution is -2.09. The third kappa shape index (κ3) is 3.45. The van der Waals surface area contributed by atoms with Crippen LogP contribution >= 0.6 is 15.9 Å². The second-order valence-electron chi connectivity index (χ2n) is 3.78. The minimum atomic E-state index is -4.54. The topological polar surface area (TPSA) is 61.0 Å². The van der Waals surface area contributed by atoms with E-state index in [1.807, 2.05) is 0 Å². The fraction of sp³-hybridized carbons (Fsp3) is 0.167. The number of hydrogen-bond donors (Lipinski definition) is 1. The van der Waals surface area contributed by atoms with E-state index in [0.29, 0.717) is 11.3 Å². The standard InChI is InChI=1S/C12H9BrF3N3O/c13-8-1-2-9(7(5-8)6-17)20-11-18-4-3-10(19-11)12(14,15)16/h1-5H,6,17H2. The molecule has 4 nitrogen and oxygen atoms in total. The van der Waals surface area contributed by atoms with Crippen LogP contribution in [0.15, 0.2) is 34.9 Å². The Balaban J connectivity index is 2.31. The van der Waals surface area contributed by atoms with Gasteiger partial charge in [0.1, 0.15) is 5.75 Å². The number of benzene rings is 1. The summed E-state index contributed by atoms with van der Waals surface area (Å²) in [6, 6.07) is 5.37. The first kappa shape index (κ1) is 14.7. The monoisotopic (exact) mass is 347 g/mol. The van der Waals surface area contributed by atoms with Gasteiger partial charge < -0.3 is 10.5 Å². The van der Waals surface area contributed by atoms with Crippen LogP contribution in [-0.2, 0) is 12.7 Å². The lowest BCUT2D eigenvalue weighted by molar-refractivity contribution is -0.141. The highest BCUT2D eigenvalue weighted by Gasteiger charge is 2.33. The quantitative estimate of drug-likeness (QED) is 0.922. The number of hydrogen-bond acceptors (Lipinski definition) is 4. The molecule has 2 rings (SSSR count). The minimum absolute atomic E-state index is 0.174. The van der Waals surface area contributed by atoms with Crippen molar-refractivity contribution in [2.45, 2.75) is 12.7 Å². The Bertz CT molecular complexity index is 619. The number of ether oxygens (including phenoxy) is 1. The van der Waals surface area contributed by atoms with Gasteiger partial charge in [-0.25, -0.2) is 4.98 Å². The molecule has 1 heterocycles. The predicted octanol–water partition coefficient (Wildman–Crippen LogP) is 3.51. The first-order valence-electron chi connectivity index (χ1n) is 5.47. The highest BCUT2D eigenvalue weighted by Crippen LogP contribution is 2.30. The zero-order valence-corrected chi connectivity index (χ0v) is 11.6. The van der Waals surface area contributed by atoms with Crippen molar-refractivity contribution in [2.75, 3.05) is 0 Å². The van der Waals surface area contributed by atoms with E-state index in [4.69, 9.17) is 10.5 Å². The highest BCUT2D eigenvalue weighted by atomic mass is 79.9. The van der Waals surface area contributed by atoms with Crippen LogP contribution in [0, 0.1) is 0 Å². The molecule has 0 fully saturated rings. The maximum atomic E-state index is 12.5. The molecule has 0 unspecified atom stereocenters. The third-order valence-electron chi connectivity index (χ3n) is 2.37. The summed E-state index contributed by atoms with van der Waals surface area (Å²) >= 11 is 3.27. The van der Waals surface area contributed by atoms with Crippen molar-refractivity contribution >= 4 is 15.9 Å². The molecule has 0 bridgehead atoms. The summed E-state index contributed by atoms with van der Waals surface area (Å²) in [5.41, 5.74) is 5.11. The van der Waals surface area contributed by atoms with Gasteiger partial charge in [0.05, 0.1) is 0 Å². The van der Waals surface area contributed by atoms with E-state index in [1.165, 1.54) is 0 Å². The fourth-order valence-corrected chi connectivity index (χ4v) is 1.86. The maximum absolute atomic E-state index is 12.5. The van der Waals surface area contributed by atoms with Gasteiger partial charge in [-0.05, 0) is 24.3 Å². The van der Waals surface area contributed by atoms with Crippen molar-refractivity contribution in [3.63, 3.8) is 0 Å². The first-order valence-corrected chi connectivity index (χ1v) is 6.26. The molecule has 0 atom stereocenters. The average molecular weight is 348 g/mol. The van der Waals surface area contributed by atoms with E-state index in [0.717, 1.165) is 16.7 Å². The molecular weight excluding hydrogens is 339 g/mol. The lowest BCUT2D eigenvalue weighted by atomic mass is 10.2. The number of alkyl halides is 3. The summed E-state index contributed by atoms with van der Waals surface area (Å²) in [7, 11) is 0. The van der Waals surface area contributed by atoms with Crippen molar-refractivity contribution in [3.05, 3.63) is 46.2 Å². The van der Waals surface area contributed by atoms with Gasteiger partial charge in [0, 0.05) is 22.8 Å². The molecule has 106 valence electrons. The third-order valence-corrected chi connectivity index (χ3v) is 2.86. The molecule has 2 aromatic rings. The summed E-state index contributed by atoms with van der Waals surface area (Å²) in [5, 5.41) is 0. The van der Waals surface area contributed by atoms with E-state index in [2.05, 4.69) is 25.9 Å². The Labute approximate surface area is 120 Å². The Morgan fingerprint density at radius 1 is 1.25 bits per heavy atom. The summed E-state index contributed by atoms with van der Waals surface area (Å²) < 4.78 is 43.7. The Morgan fingerprint density at radius 3 is 2.65 bits per heavy atom. The van der Waals surface area contributed by atoms with E-state index >= 15 is 0 Å². The van der Waals surface area contributed by atoms with Crippen LogP contribution in [-0.4, -0.2) is 9.97 Å². The molecular formula is C12H9BrF3N3O. The predicted molar refractivity (Wildman–Crippen MR) is 69.1 cm³/mol. The second kappa shape index (κ2) is 5.76. The van der Waals surface area contributed by atoms with Gasteiger partial charge in [-0.2, -0.15) is 18.2 Å².